The van der Waals surface area contributed by atoms with Crippen LogP contribution in [0.2, 0.25) is 0 Å². The van der Waals surface area contributed by atoms with Crippen molar-refractivity contribution in [3.8, 4) is 0 Å². The van der Waals surface area contributed by atoms with E-state index < -0.39 is 0 Å². The van der Waals surface area contributed by atoms with Crippen LogP contribution < -0.4 is 5.32 Å². The number of allylic oxidation sites excluding steroid dienone is 1. The van der Waals surface area contributed by atoms with Gasteiger partial charge in [-0.15, -0.1) is 0 Å². The Morgan fingerprint density at radius 2 is 2.15 bits per heavy atom. The predicted molar refractivity (Wildman–Crippen MR) is 58.8 cm³/mol. The lowest BCUT2D eigenvalue weighted by Crippen LogP contribution is -2.27. The largest absolute Gasteiger partial charge is 0.308 e. The summed E-state index contributed by atoms with van der Waals surface area (Å²) in [6.45, 7) is 6.79. The van der Waals surface area contributed by atoms with Gasteiger partial charge in [0.2, 0.25) is 0 Å². The lowest BCUT2D eigenvalue weighted by atomic mass is 10.1. The zero-order valence-corrected chi connectivity index (χ0v) is 9.22. The van der Waals surface area contributed by atoms with Crippen LogP contribution in [0.3, 0.4) is 0 Å². The first-order valence-corrected chi connectivity index (χ1v) is 5.65. The van der Waals surface area contributed by atoms with Crippen molar-refractivity contribution in [1.29, 1.82) is 0 Å². The fourth-order valence-corrected chi connectivity index (χ4v) is 1.84. The van der Waals surface area contributed by atoms with Gasteiger partial charge in [0, 0.05) is 12.1 Å². The SMILES string of the molecule is CCC1CCC(/C=C\CC(C)C)N1. The molecule has 1 heterocycles. The normalized spacial score (nSPS) is 29.2. The van der Waals surface area contributed by atoms with E-state index >= 15 is 0 Å². The van der Waals surface area contributed by atoms with Crippen LogP contribution in [-0.4, -0.2) is 12.1 Å². The Morgan fingerprint density at radius 3 is 2.69 bits per heavy atom. The minimum absolute atomic E-state index is 0.656. The van der Waals surface area contributed by atoms with E-state index in [4.69, 9.17) is 0 Å². The summed E-state index contributed by atoms with van der Waals surface area (Å²) in [4.78, 5) is 0. The molecule has 0 aromatic rings. The van der Waals surface area contributed by atoms with Crippen molar-refractivity contribution in [2.24, 2.45) is 5.92 Å². The second kappa shape index (κ2) is 5.43. The van der Waals surface area contributed by atoms with Gasteiger partial charge in [-0.2, -0.15) is 0 Å². The monoisotopic (exact) mass is 181 g/mol. The van der Waals surface area contributed by atoms with Gasteiger partial charge in [-0.1, -0.05) is 32.9 Å². The molecule has 1 aliphatic rings. The van der Waals surface area contributed by atoms with E-state index in [1.807, 2.05) is 0 Å². The third-order valence-corrected chi connectivity index (χ3v) is 2.74. The van der Waals surface area contributed by atoms with Crippen molar-refractivity contribution in [1.82, 2.24) is 5.32 Å². The van der Waals surface area contributed by atoms with Gasteiger partial charge in [0.1, 0.15) is 0 Å². The lowest BCUT2D eigenvalue weighted by Gasteiger charge is -2.08. The van der Waals surface area contributed by atoms with Crippen molar-refractivity contribution < 1.29 is 0 Å². The highest BCUT2D eigenvalue weighted by Gasteiger charge is 2.19. The summed E-state index contributed by atoms with van der Waals surface area (Å²) in [5.41, 5.74) is 0. The van der Waals surface area contributed by atoms with Crippen LogP contribution in [0.5, 0.6) is 0 Å². The topological polar surface area (TPSA) is 12.0 Å². The molecule has 0 aromatic heterocycles. The van der Waals surface area contributed by atoms with E-state index in [0.29, 0.717) is 6.04 Å². The molecular weight excluding hydrogens is 158 g/mol. The van der Waals surface area contributed by atoms with Gasteiger partial charge in [0.05, 0.1) is 0 Å². The Kier molecular flexibility index (Phi) is 4.51. The molecule has 0 amide bonds. The molecule has 0 saturated carbocycles. The van der Waals surface area contributed by atoms with Crippen molar-refractivity contribution in [3.63, 3.8) is 0 Å². The van der Waals surface area contributed by atoms with Crippen molar-refractivity contribution in [2.45, 2.75) is 58.5 Å². The number of hydrogen-bond donors (Lipinski definition) is 1. The Balaban J connectivity index is 2.19. The first-order valence-electron chi connectivity index (χ1n) is 5.65. The molecule has 2 unspecified atom stereocenters. The summed E-state index contributed by atoms with van der Waals surface area (Å²) < 4.78 is 0. The summed E-state index contributed by atoms with van der Waals surface area (Å²) in [7, 11) is 0. The molecule has 0 radical (unpaired) electrons. The van der Waals surface area contributed by atoms with Gasteiger partial charge in [0.15, 0.2) is 0 Å². The first kappa shape index (κ1) is 10.8. The van der Waals surface area contributed by atoms with Gasteiger partial charge in [-0.25, -0.2) is 0 Å². The molecule has 1 N–H and O–H groups in total. The van der Waals surface area contributed by atoms with Crippen LogP contribution >= 0.6 is 0 Å². The molecule has 0 spiro atoms. The van der Waals surface area contributed by atoms with E-state index in [1.54, 1.807) is 0 Å². The summed E-state index contributed by atoms with van der Waals surface area (Å²) in [6.07, 6.45) is 9.86. The van der Waals surface area contributed by atoms with Crippen molar-refractivity contribution >= 4 is 0 Å². The Hall–Kier alpha value is -0.300. The lowest BCUT2D eigenvalue weighted by molar-refractivity contribution is 0.564. The molecule has 1 nitrogen and oxygen atoms in total. The highest BCUT2D eigenvalue weighted by Crippen LogP contribution is 2.15. The quantitative estimate of drug-likeness (QED) is 0.657. The van der Waals surface area contributed by atoms with Crippen LogP contribution in [0, 0.1) is 5.92 Å². The maximum Gasteiger partial charge on any atom is 0.0253 e. The van der Waals surface area contributed by atoms with Gasteiger partial charge in [-0.3, -0.25) is 0 Å². The molecule has 1 saturated heterocycles. The summed E-state index contributed by atoms with van der Waals surface area (Å²) in [5.74, 6) is 0.791. The zero-order valence-electron chi connectivity index (χ0n) is 9.22. The van der Waals surface area contributed by atoms with E-state index in [-0.39, 0.29) is 0 Å². The Morgan fingerprint density at radius 1 is 1.38 bits per heavy atom. The van der Waals surface area contributed by atoms with Crippen LogP contribution in [-0.2, 0) is 0 Å². The van der Waals surface area contributed by atoms with Gasteiger partial charge < -0.3 is 5.32 Å². The molecule has 0 aliphatic carbocycles. The van der Waals surface area contributed by atoms with Crippen molar-refractivity contribution in [3.05, 3.63) is 12.2 Å². The third-order valence-electron chi connectivity index (χ3n) is 2.74. The minimum atomic E-state index is 0.656. The Bertz CT molecular complexity index is 161. The number of hydrogen-bond acceptors (Lipinski definition) is 1. The number of nitrogens with one attached hydrogen (secondary N) is 1. The molecule has 1 rings (SSSR count). The molecule has 1 fully saturated rings. The highest BCUT2D eigenvalue weighted by atomic mass is 15.0. The van der Waals surface area contributed by atoms with Crippen LogP contribution in [0.1, 0.15) is 46.5 Å². The fraction of sp³-hybridized carbons (Fsp3) is 0.833. The van der Waals surface area contributed by atoms with Gasteiger partial charge >= 0.3 is 0 Å². The van der Waals surface area contributed by atoms with Crippen LogP contribution in [0.4, 0.5) is 0 Å². The summed E-state index contributed by atoms with van der Waals surface area (Å²) >= 11 is 0. The molecule has 1 aliphatic heterocycles. The van der Waals surface area contributed by atoms with Crippen LogP contribution in [0.25, 0.3) is 0 Å². The first-order chi connectivity index (χ1) is 6.22. The van der Waals surface area contributed by atoms with Gasteiger partial charge in [0.25, 0.3) is 0 Å². The molecular formula is C12H23N. The highest BCUT2D eigenvalue weighted by molar-refractivity contribution is 4.98. The van der Waals surface area contributed by atoms with Crippen molar-refractivity contribution in [2.75, 3.05) is 0 Å². The van der Waals surface area contributed by atoms with E-state index in [0.717, 1.165) is 12.0 Å². The minimum Gasteiger partial charge on any atom is -0.308 e. The van der Waals surface area contributed by atoms with Crippen LogP contribution in [0.15, 0.2) is 12.2 Å². The molecule has 1 heteroatoms. The van der Waals surface area contributed by atoms with E-state index in [2.05, 4.69) is 38.2 Å². The molecule has 0 aromatic carbocycles. The van der Waals surface area contributed by atoms with E-state index in [1.165, 1.54) is 25.7 Å². The Labute approximate surface area is 82.6 Å². The van der Waals surface area contributed by atoms with E-state index in [9.17, 15) is 0 Å². The fourth-order valence-electron chi connectivity index (χ4n) is 1.84. The predicted octanol–water partition coefficient (Wildman–Crippen LogP) is 3.12. The average molecular weight is 181 g/mol. The maximum absolute atomic E-state index is 3.63. The smallest absolute Gasteiger partial charge is 0.0253 e. The third kappa shape index (κ3) is 3.95. The number of rotatable bonds is 4. The van der Waals surface area contributed by atoms with Gasteiger partial charge in [-0.05, 0) is 31.6 Å². The summed E-state index contributed by atoms with van der Waals surface area (Å²) in [6, 6.07) is 1.43. The maximum atomic E-state index is 3.63. The zero-order chi connectivity index (χ0) is 9.68. The molecule has 0 bridgehead atoms. The molecule has 2 atom stereocenters. The second-order valence-electron chi connectivity index (χ2n) is 4.51. The average Bonchev–Trinajstić information content (AvgIpc) is 2.52. The summed E-state index contributed by atoms with van der Waals surface area (Å²) in [5, 5.41) is 3.63. The molecule has 13 heavy (non-hydrogen) atoms. The molecule has 76 valence electrons. The standard InChI is InChI=1S/C12H23N/c1-4-11-8-9-12(13-11)7-5-6-10(2)3/h5,7,10-13H,4,6,8-9H2,1-3H3/b7-5-. The second-order valence-corrected chi connectivity index (χ2v) is 4.51.